The molecule has 21 aromatic rings. The van der Waals surface area contributed by atoms with Gasteiger partial charge in [0.1, 0.15) is 78.9 Å². The van der Waals surface area contributed by atoms with Crippen LogP contribution >= 0.6 is 0 Å². The van der Waals surface area contributed by atoms with Crippen molar-refractivity contribution < 1.29 is 35.7 Å². The largest absolute Gasteiger partial charge is 0.506 e. The quantitative estimate of drug-likeness (QED) is 0.0597. The van der Waals surface area contributed by atoms with Gasteiger partial charge in [0.05, 0.1) is 5.52 Å². The van der Waals surface area contributed by atoms with Gasteiger partial charge in [0, 0.05) is 108 Å². The third-order valence-electron chi connectivity index (χ3n) is 18.9. The maximum Gasteiger partial charge on any atom is 0.149 e. The summed E-state index contributed by atoms with van der Waals surface area (Å²) < 4.78 is 0. The van der Waals surface area contributed by atoms with E-state index in [0.29, 0.717) is 38.6 Å². The third kappa shape index (κ3) is 16.5. The van der Waals surface area contributed by atoms with Gasteiger partial charge in [0.15, 0.2) is 0 Å². The average Bonchev–Trinajstić information content (AvgIpc) is 0.803. The lowest BCUT2D eigenvalue weighted by molar-refractivity contribution is 0.480. The number of hydrogen-bond donors (Lipinski definition) is 7. The molecule has 13 aromatic carbocycles. The van der Waals surface area contributed by atoms with Crippen molar-refractivity contribution in [1.29, 1.82) is 0 Å². The number of fused-ring (bicyclic) bond motifs is 15. The van der Waals surface area contributed by atoms with Crippen molar-refractivity contribution in [2.45, 2.75) is 20.8 Å². The molecule has 544 valence electrons. The van der Waals surface area contributed by atoms with Crippen LogP contribution in [-0.2, 0) is 0 Å². The highest BCUT2D eigenvalue weighted by molar-refractivity contribution is 6.10. The first-order valence-corrected chi connectivity index (χ1v) is 36.1. The van der Waals surface area contributed by atoms with E-state index in [9.17, 15) is 35.7 Å². The minimum absolute atomic E-state index is 0.222. The molecule has 15 nitrogen and oxygen atoms in total. The molecule has 0 spiro atoms. The zero-order valence-corrected chi connectivity index (χ0v) is 61.2. The van der Waals surface area contributed by atoms with Crippen LogP contribution in [-0.4, -0.2) is 75.6 Å². The number of para-hydroxylation sites is 3. The summed E-state index contributed by atoms with van der Waals surface area (Å²) in [6.07, 6.45) is 12.1. The Kier molecular flexibility index (Phi) is 22.4. The van der Waals surface area contributed by atoms with Crippen molar-refractivity contribution in [3.8, 4) is 51.4 Å². The summed E-state index contributed by atoms with van der Waals surface area (Å²) in [5.74, 6) is 1.70. The molecule has 0 aliphatic heterocycles. The second-order valence-electron chi connectivity index (χ2n) is 26.2. The van der Waals surface area contributed by atoms with Gasteiger partial charge >= 0.3 is 0 Å². The summed E-state index contributed by atoms with van der Waals surface area (Å²) in [7, 11) is 0. The third-order valence-corrected chi connectivity index (χ3v) is 18.9. The van der Waals surface area contributed by atoms with E-state index >= 15 is 0 Å². The number of rotatable bonds is 1. The molecule has 0 atom stereocenters. The Bertz CT molecular complexity index is 6800. The minimum atomic E-state index is 0.222. The van der Waals surface area contributed by atoms with Gasteiger partial charge < -0.3 is 35.7 Å². The summed E-state index contributed by atoms with van der Waals surface area (Å²) in [6, 6.07) is 98.8. The van der Waals surface area contributed by atoms with E-state index < -0.39 is 0 Å². The van der Waals surface area contributed by atoms with Gasteiger partial charge in [0.25, 0.3) is 0 Å². The highest BCUT2D eigenvalue weighted by Gasteiger charge is 2.12. The predicted octanol–water partition coefficient (Wildman–Crippen LogP) is 23.0. The first-order valence-electron chi connectivity index (χ1n) is 36.1. The molecule has 0 aliphatic carbocycles. The van der Waals surface area contributed by atoms with Crippen molar-refractivity contribution in [3.63, 3.8) is 0 Å². The van der Waals surface area contributed by atoms with Crippen molar-refractivity contribution in [2.75, 3.05) is 0 Å². The fraction of sp³-hybridized carbons (Fsp3) is 0.0309. The van der Waals surface area contributed by atoms with E-state index in [0.717, 1.165) is 97.9 Å². The molecule has 0 bridgehead atoms. The molecule has 15 heteroatoms. The number of hydrogen-bond acceptors (Lipinski definition) is 15. The number of aromatic hydroxyl groups is 7. The first-order chi connectivity index (χ1) is 54.7. The molecule has 7 N–H and O–H groups in total. The Balaban J connectivity index is 0.000000107. The SMILES string of the molecule is Cc1ccc(O)c2ncccc12.Cc1ccc2cccc(O)c2n1.Cc1cccc2ccc3cccnc3c12.Oc1c2ccccc2cc2cccnc12.Oc1cc2ccccc2c2cccnc12.Oc1ccc(-c2ccccc2)c2cccnc12.Oc1cccc2c1ncc1ccccc12.Oc1cccc2cccnc12. The normalized spacial score (nSPS) is 10.7. The maximum atomic E-state index is 10.0. The van der Waals surface area contributed by atoms with Crippen LogP contribution in [0.3, 0.4) is 0 Å². The molecular weight excluding hydrogens is 1390 g/mol. The second-order valence-corrected chi connectivity index (χ2v) is 26.2. The number of phenolic OH excluding ortho intramolecular Hbond substituents is 7. The standard InChI is InChI=1S/C15H11NO.C14H11N.3C13H9NO.2C10H9NO.C9H7NO/c17-14-9-8-12(11-5-2-1-3-6-11)13-7-4-10-16-15(13)14;1-10-4-2-5-11-7-8-12-6-3-9-15-14(12)13(10)11;15-13-11-6-2-1-4-9(11)8-10-5-3-7-14-12(10)13;15-12-8-9-4-1-2-5-10(9)11-6-3-7-14-13(11)12;15-12-7-3-6-11-10-5-2-1-4-9(10)8-14-13(11)12;1-7-4-5-9(12)10-8(7)3-2-6-11-10;1-7-5-6-8-3-2-4-9(12)10(8)11-7;11-8-5-1-3-7-4-2-6-10-9(7)8/h1-10,17H;2-9H,1H3;3*1-8,15H;2*2-6,12H,1H3;1-6,11H. The van der Waals surface area contributed by atoms with Crippen LogP contribution in [0, 0.1) is 20.8 Å². The van der Waals surface area contributed by atoms with E-state index in [4.69, 9.17) is 0 Å². The predicted molar refractivity (Wildman–Crippen MR) is 455 cm³/mol. The topological polar surface area (TPSA) is 245 Å². The van der Waals surface area contributed by atoms with Gasteiger partial charge in [-0.05, 0) is 161 Å². The molecule has 8 heterocycles. The summed E-state index contributed by atoms with van der Waals surface area (Å²) in [6.45, 7) is 6.05. The summed E-state index contributed by atoms with van der Waals surface area (Å²) in [5.41, 5.74) is 11.3. The second kappa shape index (κ2) is 34.1. The van der Waals surface area contributed by atoms with Gasteiger partial charge in [-0.2, -0.15) is 0 Å². The van der Waals surface area contributed by atoms with E-state index in [1.54, 1.807) is 79.6 Å². The maximum absolute atomic E-state index is 10.0. The summed E-state index contributed by atoms with van der Waals surface area (Å²) >= 11 is 0. The van der Waals surface area contributed by atoms with Crippen LogP contribution in [0.5, 0.6) is 40.2 Å². The van der Waals surface area contributed by atoms with Crippen LogP contribution in [0.4, 0.5) is 0 Å². The Hall–Kier alpha value is -15.2. The van der Waals surface area contributed by atoms with Crippen molar-refractivity contribution in [1.82, 2.24) is 39.9 Å². The summed E-state index contributed by atoms with van der Waals surface area (Å²) in [5, 5.41) is 84.4. The Labute approximate surface area is 644 Å². The fourth-order valence-corrected chi connectivity index (χ4v) is 13.4. The molecule has 21 rings (SSSR count). The minimum Gasteiger partial charge on any atom is -0.506 e. The lowest BCUT2D eigenvalue weighted by Gasteiger charge is -2.07. The van der Waals surface area contributed by atoms with Gasteiger partial charge in [-0.15, -0.1) is 0 Å². The number of pyridine rings is 8. The van der Waals surface area contributed by atoms with Gasteiger partial charge in [-0.25, -0.2) is 4.98 Å². The number of aryl methyl sites for hydroxylation is 3. The zero-order chi connectivity index (χ0) is 77.5. The molecule has 0 fully saturated rings. The van der Waals surface area contributed by atoms with Crippen molar-refractivity contribution in [2.24, 2.45) is 0 Å². The van der Waals surface area contributed by atoms with Crippen LogP contribution in [0.2, 0.25) is 0 Å². The highest BCUT2D eigenvalue weighted by atomic mass is 16.3. The zero-order valence-electron chi connectivity index (χ0n) is 61.2. The molecular formula is C97H74N8O7. The number of nitrogens with zero attached hydrogens (tertiary/aromatic N) is 8. The van der Waals surface area contributed by atoms with Crippen molar-refractivity contribution >= 4 is 130 Å². The molecule has 8 aromatic heterocycles. The van der Waals surface area contributed by atoms with Crippen LogP contribution in [0.25, 0.3) is 141 Å². The average molecular weight is 1460 g/mol. The lowest BCUT2D eigenvalue weighted by atomic mass is 10.0. The molecule has 112 heavy (non-hydrogen) atoms. The Morgan fingerprint density at radius 2 is 0.616 bits per heavy atom. The Morgan fingerprint density at radius 1 is 0.214 bits per heavy atom. The first kappa shape index (κ1) is 73.7. The Morgan fingerprint density at radius 3 is 1.28 bits per heavy atom. The monoisotopic (exact) mass is 1460 g/mol. The highest BCUT2D eigenvalue weighted by Crippen LogP contribution is 2.36. The molecule has 0 unspecified atom stereocenters. The van der Waals surface area contributed by atoms with E-state index in [1.165, 1.54) is 21.7 Å². The number of aromatic nitrogens is 8. The van der Waals surface area contributed by atoms with Gasteiger partial charge in [-0.1, -0.05) is 218 Å². The lowest BCUT2D eigenvalue weighted by Crippen LogP contribution is -1.84. The molecule has 0 amide bonds. The van der Waals surface area contributed by atoms with Crippen LogP contribution in [0.15, 0.2) is 353 Å². The number of benzene rings is 13. The van der Waals surface area contributed by atoms with Crippen LogP contribution < -0.4 is 0 Å². The molecule has 0 aliphatic rings. The molecule has 0 radical (unpaired) electrons. The van der Waals surface area contributed by atoms with E-state index in [1.807, 2.05) is 238 Å². The molecule has 0 saturated heterocycles. The summed E-state index contributed by atoms with van der Waals surface area (Å²) in [4.78, 5) is 33.7. The van der Waals surface area contributed by atoms with Crippen molar-refractivity contribution in [3.05, 3.63) is 370 Å². The smallest absolute Gasteiger partial charge is 0.149 e. The molecule has 0 saturated carbocycles. The van der Waals surface area contributed by atoms with Gasteiger partial charge in [-0.3, -0.25) is 34.9 Å². The number of phenols is 7. The van der Waals surface area contributed by atoms with E-state index in [-0.39, 0.29) is 40.2 Å². The van der Waals surface area contributed by atoms with E-state index in [2.05, 4.69) is 95.3 Å². The fourth-order valence-electron chi connectivity index (χ4n) is 13.4. The van der Waals surface area contributed by atoms with Gasteiger partial charge in [0.2, 0.25) is 0 Å². The van der Waals surface area contributed by atoms with Crippen LogP contribution in [0.1, 0.15) is 16.8 Å².